The summed E-state index contributed by atoms with van der Waals surface area (Å²) < 4.78 is 13.3. The summed E-state index contributed by atoms with van der Waals surface area (Å²) in [7, 11) is 0. The van der Waals surface area contributed by atoms with E-state index in [1.54, 1.807) is 12.1 Å². The van der Waals surface area contributed by atoms with Crippen molar-refractivity contribution in [3.05, 3.63) is 41.2 Å². The average Bonchev–Trinajstić information content (AvgIpc) is 3.11. The van der Waals surface area contributed by atoms with Gasteiger partial charge in [-0.15, -0.1) is 11.3 Å². The topological polar surface area (TPSA) is 70.5 Å². The number of thiazole rings is 1. The minimum atomic E-state index is -0.711. The van der Waals surface area contributed by atoms with Gasteiger partial charge in [-0.3, -0.25) is 9.59 Å². The molecule has 0 radical (unpaired) electrons. The van der Waals surface area contributed by atoms with Gasteiger partial charge in [-0.2, -0.15) is 0 Å². The number of aliphatic carboxylic acids is 1. The van der Waals surface area contributed by atoms with E-state index in [1.807, 2.05) is 10.3 Å². The molecule has 2 fully saturated rings. The molecule has 1 amide bonds. The molecule has 1 saturated carbocycles. The summed E-state index contributed by atoms with van der Waals surface area (Å²) in [6, 6.07) is 6.26. The lowest BCUT2D eigenvalue weighted by Gasteiger charge is -2.32. The molecule has 1 aromatic carbocycles. The first-order valence-electron chi connectivity index (χ1n) is 8.68. The quantitative estimate of drug-likeness (QED) is 0.892. The van der Waals surface area contributed by atoms with Crippen LogP contribution in [-0.2, 0) is 16.0 Å². The van der Waals surface area contributed by atoms with Crippen molar-refractivity contribution in [1.82, 2.24) is 9.88 Å². The van der Waals surface area contributed by atoms with Gasteiger partial charge >= 0.3 is 5.97 Å². The van der Waals surface area contributed by atoms with Crippen LogP contribution < -0.4 is 0 Å². The highest BCUT2D eigenvalue weighted by atomic mass is 32.1. The molecule has 2 aromatic rings. The Hall–Kier alpha value is -2.28. The standard InChI is InChI=1S/C19H19FN2O3S/c20-13-3-1-2-12(8-13)17-21-14(11-26-17)9-16(23)22-6-4-19(5-7-22)10-15(19)18(24)25/h1-3,8,11,15H,4-7,9-10H2,(H,24,25). The maximum Gasteiger partial charge on any atom is 0.307 e. The number of halogens is 1. The van der Waals surface area contributed by atoms with E-state index in [1.165, 1.54) is 23.5 Å². The second kappa shape index (κ2) is 6.46. The third-order valence-corrected chi connectivity index (χ3v) is 6.50. The maximum absolute atomic E-state index is 13.3. The zero-order chi connectivity index (χ0) is 18.3. The number of hydrogen-bond acceptors (Lipinski definition) is 4. The van der Waals surface area contributed by atoms with Crippen LogP contribution in [0.3, 0.4) is 0 Å². The molecule has 1 N–H and O–H groups in total. The first-order chi connectivity index (χ1) is 12.5. The Morgan fingerprint density at radius 2 is 2.12 bits per heavy atom. The number of piperidine rings is 1. The van der Waals surface area contributed by atoms with Crippen molar-refractivity contribution in [3.63, 3.8) is 0 Å². The molecule has 1 aromatic heterocycles. The number of carbonyl (C=O) groups is 2. The number of carboxylic acid groups (broad SMARTS) is 1. The Morgan fingerprint density at radius 3 is 2.77 bits per heavy atom. The molecule has 2 heterocycles. The summed E-state index contributed by atoms with van der Waals surface area (Å²) >= 11 is 1.40. The van der Waals surface area contributed by atoms with Crippen LogP contribution in [0.4, 0.5) is 4.39 Å². The van der Waals surface area contributed by atoms with E-state index >= 15 is 0 Å². The van der Waals surface area contributed by atoms with Crippen LogP contribution >= 0.6 is 11.3 Å². The predicted octanol–water partition coefficient (Wildman–Crippen LogP) is 3.21. The molecular weight excluding hydrogens is 355 g/mol. The van der Waals surface area contributed by atoms with Gasteiger partial charge in [0.25, 0.3) is 0 Å². The molecule has 4 rings (SSSR count). The molecular formula is C19H19FN2O3S. The van der Waals surface area contributed by atoms with Crippen molar-refractivity contribution in [2.24, 2.45) is 11.3 Å². The second-order valence-electron chi connectivity index (χ2n) is 7.17. The molecule has 26 heavy (non-hydrogen) atoms. The summed E-state index contributed by atoms with van der Waals surface area (Å²) in [4.78, 5) is 29.9. The van der Waals surface area contributed by atoms with Crippen LogP contribution in [0.25, 0.3) is 10.6 Å². The van der Waals surface area contributed by atoms with Crippen molar-refractivity contribution in [2.75, 3.05) is 13.1 Å². The molecule has 2 aliphatic rings. The van der Waals surface area contributed by atoms with Gasteiger partial charge in [0.1, 0.15) is 10.8 Å². The number of rotatable bonds is 4. The highest BCUT2D eigenvalue weighted by Gasteiger charge is 2.59. The molecule has 136 valence electrons. The van der Waals surface area contributed by atoms with Crippen molar-refractivity contribution in [1.29, 1.82) is 0 Å². The fraction of sp³-hybridized carbons (Fsp3) is 0.421. The van der Waals surface area contributed by atoms with E-state index in [-0.39, 0.29) is 29.5 Å². The molecule has 1 aliphatic heterocycles. The highest BCUT2D eigenvalue weighted by molar-refractivity contribution is 7.13. The summed E-state index contributed by atoms with van der Waals surface area (Å²) in [6.45, 7) is 1.23. The molecule has 7 heteroatoms. The number of benzene rings is 1. The van der Waals surface area contributed by atoms with Gasteiger partial charge in [0.2, 0.25) is 5.91 Å². The monoisotopic (exact) mass is 374 g/mol. The molecule has 1 aliphatic carbocycles. The normalized spacial score (nSPS) is 21.0. The van der Waals surface area contributed by atoms with Crippen molar-refractivity contribution in [3.8, 4) is 10.6 Å². The Balaban J connectivity index is 1.35. The lowest BCUT2D eigenvalue weighted by atomic mass is 9.90. The van der Waals surface area contributed by atoms with Crippen LogP contribution in [0.15, 0.2) is 29.6 Å². The summed E-state index contributed by atoms with van der Waals surface area (Å²) in [5.41, 5.74) is 1.32. The Labute approximate surface area is 154 Å². The fourth-order valence-corrected chi connectivity index (χ4v) is 4.68. The predicted molar refractivity (Wildman–Crippen MR) is 95.2 cm³/mol. The van der Waals surface area contributed by atoms with E-state index < -0.39 is 5.97 Å². The highest BCUT2D eigenvalue weighted by Crippen LogP contribution is 2.59. The molecule has 1 saturated heterocycles. The average molecular weight is 374 g/mol. The number of aromatic nitrogens is 1. The zero-order valence-corrected chi connectivity index (χ0v) is 15.0. The van der Waals surface area contributed by atoms with E-state index in [2.05, 4.69) is 4.98 Å². The Kier molecular flexibility index (Phi) is 4.26. The van der Waals surface area contributed by atoms with Gasteiger partial charge in [0.15, 0.2) is 0 Å². The van der Waals surface area contributed by atoms with Crippen LogP contribution in [-0.4, -0.2) is 40.0 Å². The van der Waals surface area contributed by atoms with Gasteiger partial charge in [-0.25, -0.2) is 9.37 Å². The SMILES string of the molecule is O=C(O)C1CC12CCN(C(=O)Cc1csc(-c3cccc(F)c3)n1)CC2. The molecule has 0 bridgehead atoms. The molecule has 1 unspecified atom stereocenters. The lowest BCUT2D eigenvalue weighted by molar-refractivity contribution is -0.139. The van der Waals surface area contributed by atoms with Crippen molar-refractivity contribution in [2.45, 2.75) is 25.7 Å². The van der Waals surface area contributed by atoms with Crippen LogP contribution in [0.1, 0.15) is 25.0 Å². The fourth-order valence-electron chi connectivity index (χ4n) is 3.86. The Morgan fingerprint density at radius 1 is 1.35 bits per heavy atom. The van der Waals surface area contributed by atoms with Gasteiger partial charge in [-0.1, -0.05) is 12.1 Å². The zero-order valence-electron chi connectivity index (χ0n) is 14.2. The van der Waals surface area contributed by atoms with E-state index in [4.69, 9.17) is 5.11 Å². The van der Waals surface area contributed by atoms with Crippen LogP contribution in [0.5, 0.6) is 0 Å². The first kappa shape index (κ1) is 17.1. The number of amides is 1. The van der Waals surface area contributed by atoms with Crippen LogP contribution in [0.2, 0.25) is 0 Å². The smallest absolute Gasteiger partial charge is 0.307 e. The maximum atomic E-state index is 13.3. The van der Waals surface area contributed by atoms with Crippen LogP contribution in [0, 0.1) is 17.2 Å². The summed E-state index contributed by atoms with van der Waals surface area (Å²) in [5.74, 6) is -1.23. The van der Waals surface area contributed by atoms with Crippen molar-refractivity contribution < 1.29 is 19.1 Å². The van der Waals surface area contributed by atoms with E-state index in [0.717, 1.165) is 19.3 Å². The second-order valence-corrected chi connectivity index (χ2v) is 8.03. The van der Waals surface area contributed by atoms with Gasteiger partial charge in [-0.05, 0) is 36.8 Å². The van der Waals surface area contributed by atoms with Gasteiger partial charge < -0.3 is 10.0 Å². The Bertz CT molecular complexity index is 858. The molecule has 5 nitrogen and oxygen atoms in total. The van der Waals surface area contributed by atoms with Gasteiger partial charge in [0.05, 0.1) is 18.0 Å². The lowest BCUT2D eigenvalue weighted by Crippen LogP contribution is -2.40. The number of likely N-dealkylation sites (tertiary alicyclic amines) is 1. The van der Waals surface area contributed by atoms with E-state index in [0.29, 0.717) is 29.4 Å². The number of carbonyl (C=O) groups excluding carboxylic acids is 1. The van der Waals surface area contributed by atoms with Gasteiger partial charge in [0, 0.05) is 24.0 Å². The minimum absolute atomic E-state index is 0.0171. The summed E-state index contributed by atoms with van der Waals surface area (Å²) in [5, 5.41) is 11.7. The largest absolute Gasteiger partial charge is 0.481 e. The third kappa shape index (κ3) is 3.23. The number of hydrogen-bond donors (Lipinski definition) is 1. The first-order valence-corrected chi connectivity index (χ1v) is 9.56. The number of carboxylic acids is 1. The molecule has 1 spiro atoms. The molecule has 1 atom stereocenters. The van der Waals surface area contributed by atoms with Crippen molar-refractivity contribution >= 4 is 23.2 Å². The number of nitrogens with zero attached hydrogens (tertiary/aromatic N) is 2. The summed E-state index contributed by atoms with van der Waals surface area (Å²) in [6.07, 6.45) is 2.50. The third-order valence-electron chi connectivity index (χ3n) is 5.56. The minimum Gasteiger partial charge on any atom is -0.481 e. The van der Waals surface area contributed by atoms with E-state index in [9.17, 15) is 14.0 Å².